The average molecular weight is 498 g/mol. The van der Waals surface area contributed by atoms with Gasteiger partial charge in [0.25, 0.3) is 5.09 Å². The molecule has 7 nitrogen and oxygen atoms in total. The highest BCUT2D eigenvalue weighted by molar-refractivity contribution is 6.30. The van der Waals surface area contributed by atoms with Gasteiger partial charge in [0.1, 0.15) is 5.75 Å². The van der Waals surface area contributed by atoms with Crippen molar-refractivity contribution >= 4 is 17.6 Å². The second-order valence-corrected chi connectivity index (χ2v) is 8.01. The Labute approximate surface area is 209 Å². The second-order valence-electron chi connectivity index (χ2n) is 7.57. The van der Waals surface area contributed by atoms with Gasteiger partial charge in [0.2, 0.25) is 0 Å². The van der Waals surface area contributed by atoms with E-state index in [9.17, 15) is 14.9 Å². The van der Waals surface area contributed by atoms with Gasteiger partial charge >= 0.3 is 5.97 Å². The molecule has 34 heavy (non-hydrogen) atoms. The molecular formula is C26H40ClNO6. The van der Waals surface area contributed by atoms with E-state index in [2.05, 4.69) is 30.8 Å². The number of rotatable bonds is 17. The molecule has 1 aromatic carbocycles. The van der Waals surface area contributed by atoms with Crippen molar-refractivity contribution in [3.05, 3.63) is 63.7 Å². The lowest BCUT2D eigenvalue weighted by Crippen LogP contribution is -2.09. The Balaban J connectivity index is 0.000000646. The minimum atomic E-state index is -0.862. The van der Waals surface area contributed by atoms with Crippen molar-refractivity contribution in [3.63, 3.8) is 0 Å². The number of carbonyl (C=O) groups excluding carboxylic acids is 1. The van der Waals surface area contributed by atoms with Crippen LogP contribution in [-0.2, 0) is 14.4 Å². The van der Waals surface area contributed by atoms with Gasteiger partial charge in [-0.25, -0.2) is 0 Å². The Bertz CT molecular complexity index is 723. The highest BCUT2D eigenvalue weighted by Gasteiger charge is 2.02. The summed E-state index contributed by atoms with van der Waals surface area (Å²) >= 11 is 5.89. The van der Waals surface area contributed by atoms with Crippen molar-refractivity contribution < 1.29 is 24.2 Å². The molecule has 1 unspecified atom stereocenters. The van der Waals surface area contributed by atoms with Crippen LogP contribution in [0.2, 0.25) is 5.02 Å². The van der Waals surface area contributed by atoms with E-state index in [1.54, 1.807) is 0 Å². The summed E-state index contributed by atoms with van der Waals surface area (Å²) in [6, 6.07) is 7.53. The molecule has 0 fully saturated rings. The molecule has 0 aliphatic rings. The van der Waals surface area contributed by atoms with Gasteiger partial charge in [0, 0.05) is 17.9 Å². The fraction of sp³-hybridized carbons (Fsp3) is 0.577. The van der Waals surface area contributed by atoms with Gasteiger partial charge in [-0.05, 0) is 63.1 Å². The van der Waals surface area contributed by atoms with Crippen molar-refractivity contribution in [2.75, 3.05) is 19.8 Å². The van der Waals surface area contributed by atoms with E-state index in [1.807, 2.05) is 43.3 Å². The van der Waals surface area contributed by atoms with Gasteiger partial charge in [0.05, 0.1) is 19.8 Å². The van der Waals surface area contributed by atoms with Crippen LogP contribution in [0.4, 0.5) is 0 Å². The summed E-state index contributed by atoms with van der Waals surface area (Å²) in [5.41, 5.74) is 0. The summed E-state index contributed by atoms with van der Waals surface area (Å²) in [5.74, 6) is 1.29. The van der Waals surface area contributed by atoms with Gasteiger partial charge in [0.15, 0.2) is 0 Å². The summed E-state index contributed by atoms with van der Waals surface area (Å²) in [7, 11) is 0. The SMILES string of the molecule is C/C=C\CCCC(=O)OCCCO[N+](=O)[O-].CCCC(/C=C/CCOc1cccc(Cl)c1)CC. The molecule has 0 radical (unpaired) electrons. The van der Waals surface area contributed by atoms with Gasteiger partial charge in [-0.15, -0.1) is 10.1 Å². The zero-order valence-corrected chi connectivity index (χ0v) is 21.5. The molecule has 0 spiro atoms. The Morgan fingerprint density at radius 3 is 2.59 bits per heavy atom. The number of esters is 1. The molecule has 1 aromatic rings. The highest BCUT2D eigenvalue weighted by Crippen LogP contribution is 2.17. The molecule has 8 heteroatoms. The molecule has 0 N–H and O–H groups in total. The van der Waals surface area contributed by atoms with Crippen LogP contribution in [0.5, 0.6) is 5.75 Å². The summed E-state index contributed by atoms with van der Waals surface area (Å²) in [6.45, 7) is 7.23. The lowest BCUT2D eigenvalue weighted by atomic mass is 10.0. The van der Waals surface area contributed by atoms with Crippen LogP contribution in [0.25, 0.3) is 0 Å². The van der Waals surface area contributed by atoms with Gasteiger partial charge in [-0.2, -0.15) is 0 Å². The molecule has 0 saturated heterocycles. The predicted molar refractivity (Wildman–Crippen MR) is 137 cm³/mol. The first kappa shape index (κ1) is 31.5. The maximum Gasteiger partial charge on any atom is 0.305 e. The van der Waals surface area contributed by atoms with Crippen LogP contribution in [0.3, 0.4) is 0 Å². The Kier molecular flexibility index (Phi) is 20.6. The third kappa shape index (κ3) is 20.1. The average Bonchev–Trinajstić information content (AvgIpc) is 2.81. The number of benzene rings is 1. The van der Waals surface area contributed by atoms with Crippen molar-refractivity contribution in [1.29, 1.82) is 0 Å². The quantitative estimate of drug-likeness (QED) is 0.0733. The molecule has 0 aliphatic carbocycles. The smallest absolute Gasteiger partial charge is 0.305 e. The summed E-state index contributed by atoms with van der Waals surface area (Å²) < 4.78 is 10.5. The monoisotopic (exact) mass is 497 g/mol. The lowest BCUT2D eigenvalue weighted by Gasteiger charge is -2.08. The van der Waals surface area contributed by atoms with Gasteiger partial charge < -0.3 is 14.3 Å². The molecule has 0 heterocycles. The first-order valence-corrected chi connectivity index (χ1v) is 12.4. The van der Waals surface area contributed by atoms with Crippen LogP contribution in [0.15, 0.2) is 48.6 Å². The van der Waals surface area contributed by atoms with Gasteiger partial charge in [-0.1, -0.05) is 62.2 Å². The molecular weight excluding hydrogens is 458 g/mol. The lowest BCUT2D eigenvalue weighted by molar-refractivity contribution is -0.757. The first-order chi connectivity index (χ1) is 16.4. The zero-order valence-electron chi connectivity index (χ0n) is 20.7. The fourth-order valence-electron chi connectivity index (χ4n) is 2.88. The number of carbonyl (C=O) groups is 1. The van der Waals surface area contributed by atoms with Crippen molar-refractivity contribution in [2.24, 2.45) is 5.92 Å². The minimum absolute atomic E-state index is 0.0428. The van der Waals surface area contributed by atoms with E-state index in [0.29, 0.717) is 19.4 Å². The third-order valence-electron chi connectivity index (χ3n) is 4.68. The van der Waals surface area contributed by atoms with Crippen LogP contribution < -0.4 is 4.74 Å². The molecule has 0 aromatic heterocycles. The molecule has 0 amide bonds. The Morgan fingerprint density at radius 2 is 1.94 bits per heavy atom. The summed E-state index contributed by atoms with van der Waals surface area (Å²) in [6.07, 6.45) is 15.5. The van der Waals surface area contributed by atoms with E-state index >= 15 is 0 Å². The minimum Gasteiger partial charge on any atom is -0.493 e. The molecule has 0 aliphatic heterocycles. The van der Waals surface area contributed by atoms with Crippen molar-refractivity contribution in [1.82, 2.24) is 0 Å². The molecule has 1 atom stereocenters. The van der Waals surface area contributed by atoms with E-state index in [0.717, 1.165) is 36.0 Å². The molecule has 1 rings (SSSR count). The number of hydrogen-bond acceptors (Lipinski definition) is 6. The van der Waals surface area contributed by atoms with Crippen LogP contribution in [-0.4, -0.2) is 30.9 Å². The number of nitrogens with zero attached hydrogens (tertiary/aromatic N) is 1. The van der Waals surface area contributed by atoms with E-state index in [1.165, 1.54) is 19.3 Å². The largest absolute Gasteiger partial charge is 0.493 e. The maximum atomic E-state index is 11.1. The Morgan fingerprint density at radius 1 is 1.15 bits per heavy atom. The number of halogens is 1. The number of allylic oxidation sites excluding steroid dienone is 3. The molecule has 192 valence electrons. The van der Waals surface area contributed by atoms with Crippen LogP contribution >= 0.6 is 11.6 Å². The number of unbranched alkanes of at least 4 members (excludes halogenated alkanes) is 1. The van der Waals surface area contributed by atoms with Crippen LogP contribution in [0, 0.1) is 16.0 Å². The normalized spacial score (nSPS) is 11.6. The molecule has 0 saturated carbocycles. The second kappa shape index (κ2) is 22.3. The summed E-state index contributed by atoms with van der Waals surface area (Å²) in [5, 5.41) is 9.63. The zero-order chi connectivity index (χ0) is 25.4. The van der Waals surface area contributed by atoms with E-state index in [-0.39, 0.29) is 19.2 Å². The summed E-state index contributed by atoms with van der Waals surface area (Å²) in [4.78, 5) is 24.9. The highest BCUT2D eigenvalue weighted by atomic mass is 35.5. The molecule has 0 bridgehead atoms. The third-order valence-corrected chi connectivity index (χ3v) is 4.91. The number of hydrogen-bond donors (Lipinski definition) is 0. The van der Waals surface area contributed by atoms with Crippen LogP contribution in [0.1, 0.15) is 72.1 Å². The van der Waals surface area contributed by atoms with E-state index in [4.69, 9.17) is 21.1 Å². The standard InChI is InChI=1S/C16H23ClO.C10H17NO5/c1-3-8-14(4-2)9-5-6-12-18-16-11-7-10-15(17)13-16;1-2-3-4-5-7-10(12)15-8-6-9-16-11(13)14/h5,7,9-11,13-14H,3-4,6,8,12H2,1-2H3;2-3H,4-9H2,1H3/b9-5+;3-2-. The van der Waals surface area contributed by atoms with Crippen molar-refractivity contribution in [3.8, 4) is 5.75 Å². The Hall–Kier alpha value is -2.54. The maximum absolute atomic E-state index is 11.1. The van der Waals surface area contributed by atoms with E-state index < -0.39 is 5.09 Å². The predicted octanol–water partition coefficient (Wildman–Crippen LogP) is 7.37. The fourth-order valence-corrected chi connectivity index (χ4v) is 3.06. The van der Waals surface area contributed by atoms with Crippen molar-refractivity contribution in [2.45, 2.75) is 72.1 Å². The van der Waals surface area contributed by atoms with Gasteiger partial charge in [-0.3, -0.25) is 4.79 Å². The topological polar surface area (TPSA) is 87.9 Å². The number of ether oxygens (including phenoxy) is 2. The first-order valence-electron chi connectivity index (χ1n) is 12.0.